The second-order valence-electron chi connectivity index (χ2n) is 16.4. The van der Waals surface area contributed by atoms with Crippen molar-refractivity contribution in [2.45, 2.75) is 51.4 Å². The summed E-state index contributed by atoms with van der Waals surface area (Å²) in [7, 11) is 0. The van der Waals surface area contributed by atoms with Crippen molar-refractivity contribution in [3.63, 3.8) is 0 Å². The highest BCUT2D eigenvalue weighted by Crippen LogP contribution is 2.46. The lowest BCUT2D eigenvalue weighted by atomic mass is 9.79. The molecule has 260 valence electrons. The number of allylic oxidation sites excluding steroid dienone is 4. The van der Waals surface area contributed by atoms with Crippen molar-refractivity contribution < 1.29 is 0 Å². The van der Waals surface area contributed by atoms with Crippen LogP contribution < -0.4 is 10.9 Å². The molecule has 0 fully saturated rings. The highest BCUT2D eigenvalue weighted by molar-refractivity contribution is 6.17. The van der Waals surface area contributed by atoms with Crippen molar-refractivity contribution in [3.05, 3.63) is 186 Å². The third kappa shape index (κ3) is 4.86. The van der Waals surface area contributed by atoms with Gasteiger partial charge in [0, 0.05) is 21.6 Å². The van der Waals surface area contributed by atoms with Crippen molar-refractivity contribution in [3.8, 4) is 0 Å². The van der Waals surface area contributed by atoms with E-state index >= 15 is 0 Å². The quantitative estimate of drug-likeness (QED) is 0.158. The summed E-state index contributed by atoms with van der Waals surface area (Å²) in [5, 5.41) is 10.8. The second kappa shape index (κ2) is 11.7. The minimum absolute atomic E-state index is 0.0222. The van der Waals surface area contributed by atoms with Crippen LogP contribution in [0.1, 0.15) is 72.2 Å². The predicted molar refractivity (Wildman–Crippen MR) is 231 cm³/mol. The van der Waals surface area contributed by atoms with Crippen molar-refractivity contribution in [1.82, 2.24) is 0 Å². The van der Waals surface area contributed by atoms with Gasteiger partial charge in [0.2, 0.25) is 0 Å². The molecule has 0 aliphatic heterocycles. The Labute approximate surface area is 314 Å². The van der Waals surface area contributed by atoms with Gasteiger partial charge in [-0.05, 0) is 113 Å². The summed E-state index contributed by atoms with van der Waals surface area (Å²) >= 11 is 0. The molecule has 0 aromatic heterocycles. The fourth-order valence-electron chi connectivity index (χ4n) is 9.62. The Bertz CT molecular complexity index is 2920. The van der Waals surface area contributed by atoms with E-state index in [1.807, 2.05) is 36.4 Å². The Morgan fingerprint density at radius 1 is 0.389 bits per heavy atom. The van der Waals surface area contributed by atoms with Gasteiger partial charge in [-0.2, -0.15) is 0 Å². The van der Waals surface area contributed by atoms with E-state index in [1.54, 1.807) is 12.1 Å². The minimum Gasteiger partial charge on any atom is -0.289 e. The van der Waals surface area contributed by atoms with E-state index in [-0.39, 0.29) is 21.7 Å². The first-order valence-corrected chi connectivity index (χ1v) is 19.0. The Morgan fingerprint density at radius 2 is 0.759 bits per heavy atom. The van der Waals surface area contributed by atoms with E-state index in [4.69, 9.17) is 0 Å². The van der Waals surface area contributed by atoms with Crippen LogP contribution in [0.5, 0.6) is 0 Å². The zero-order valence-corrected chi connectivity index (χ0v) is 31.1. The summed E-state index contributed by atoms with van der Waals surface area (Å²) in [5.41, 5.74) is 11.9. The largest absolute Gasteiger partial charge is 0.289 e. The Balaban J connectivity index is 0.000000101. The Morgan fingerprint density at radius 3 is 1.20 bits per heavy atom. The summed E-state index contributed by atoms with van der Waals surface area (Å²) in [6.07, 6.45) is 20.4. The van der Waals surface area contributed by atoms with Crippen LogP contribution in [0.15, 0.2) is 131 Å². The monoisotopic (exact) mass is 696 g/mol. The molecule has 0 saturated carbocycles. The number of benzene rings is 6. The molecular formula is C52H40O2. The van der Waals surface area contributed by atoms with E-state index in [0.29, 0.717) is 0 Å². The molecule has 0 saturated heterocycles. The highest BCUT2D eigenvalue weighted by atomic mass is 16.1. The third-order valence-corrected chi connectivity index (χ3v) is 12.2. The number of hydrogen-bond donors (Lipinski definition) is 0. The third-order valence-electron chi connectivity index (χ3n) is 12.2. The average Bonchev–Trinajstić information content (AvgIpc) is 4.03. The van der Waals surface area contributed by atoms with E-state index in [2.05, 4.69) is 125 Å². The van der Waals surface area contributed by atoms with E-state index in [9.17, 15) is 9.59 Å². The molecule has 8 aromatic rings. The molecule has 0 spiro atoms. The zero-order valence-electron chi connectivity index (χ0n) is 31.1. The van der Waals surface area contributed by atoms with Gasteiger partial charge in [-0.3, -0.25) is 9.59 Å². The van der Waals surface area contributed by atoms with Crippen molar-refractivity contribution >= 4 is 78.2 Å². The van der Waals surface area contributed by atoms with Crippen LogP contribution >= 0.6 is 0 Å². The Hall–Kier alpha value is -6.12. The van der Waals surface area contributed by atoms with Gasteiger partial charge >= 0.3 is 0 Å². The second-order valence-corrected chi connectivity index (χ2v) is 16.4. The zero-order chi connectivity index (χ0) is 36.9. The standard InChI is InChI=1S/C20H20.C16H8O2.C16H12/c1-19(2)11-9-13-5-8-16-15(17(13)19)7-6-14-10-12-20(3,4)18(14)16;17-13-7-3-9-1-5-11-12(15(9)13)6-2-10-4-8-14(18)16(10)11;1-3-11-7-9-16-14-6-2-4-12(14)8-10-15(16)13(11)5-1/h5-12H,1-4H3;1-8H;1-4,7-10H,5-6H2. The van der Waals surface area contributed by atoms with Crippen LogP contribution in [-0.2, 0) is 23.7 Å². The van der Waals surface area contributed by atoms with Gasteiger partial charge in [0.05, 0.1) is 0 Å². The van der Waals surface area contributed by atoms with Crippen LogP contribution in [0.25, 0.3) is 78.2 Å². The van der Waals surface area contributed by atoms with Gasteiger partial charge in [0.25, 0.3) is 0 Å². The molecule has 4 aliphatic rings. The summed E-state index contributed by atoms with van der Waals surface area (Å²) in [6, 6.07) is 32.8. The average molecular weight is 697 g/mol. The first kappa shape index (κ1) is 32.5. The Kier molecular flexibility index (Phi) is 7.04. The molecule has 8 aromatic carbocycles. The van der Waals surface area contributed by atoms with Crippen LogP contribution in [0.2, 0.25) is 0 Å². The van der Waals surface area contributed by atoms with Crippen molar-refractivity contribution in [2.75, 3.05) is 0 Å². The van der Waals surface area contributed by atoms with E-state index in [1.165, 1.54) is 66.1 Å². The molecule has 4 aliphatic carbocycles. The van der Waals surface area contributed by atoms with E-state index < -0.39 is 0 Å². The van der Waals surface area contributed by atoms with Crippen LogP contribution in [0.3, 0.4) is 0 Å². The maximum atomic E-state index is 11.9. The van der Waals surface area contributed by atoms with E-state index in [0.717, 1.165) is 45.2 Å². The summed E-state index contributed by atoms with van der Waals surface area (Å²) in [6.45, 7) is 9.24. The van der Waals surface area contributed by atoms with Crippen LogP contribution in [0.4, 0.5) is 0 Å². The lowest BCUT2D eigenvalue weighted by Gasteiger charge is -2.25. The lowest BCUT2D eigenvalue weighted by molar-refractivity contribution is 0.684. The number of fused-ring (bicyclic) bond motifs is 15. The lowest BCUT2D eigenvalue weighted by Crippen LogP contribution is -2.14. The fraction of sp³-hybridized carbons (Fsp3) is 0.154. The summed E-state index contributed by atoms with van der Waals surface area (Å²) in [5.74, 6) is 0. The molecule has 0 heterocycles. The number of hydrogen-bond acceptors (Lipinski definition) is 2. The van der Waals surface area contributed by atoms with Crippen molar-refractivity contribution in [2.24, 2.45) is 0 Å². The molecule has 0 atom stereocenters. The smallest absolute Gasteiger partial charge is 0.187 e. The molecule has 12 rings (SSSR count). The molecule has 0 unspecified atom stereocenters. The summed E-state index contributed by atoms with van der Waals surface area (Å²) in [4.78, 5) is 23.7. The van der Waals surface area contributed by atoms with Gasteiger partial charge in [0.15, 0.2) is 10.9 Å². The molecule has 0 amide bonds. The minimum atomic E-state index is 0.0222. The first-order chi connectivity index (χ1) is 26.1. The molecule has 0 bridgehead atoms. The molecular weight excluding hydrogens is 657 g/mol. The molecule has 2 heteroatoms. The topological polar surface area (TPSA) is 34.1 Å². The fourth-order valence-corrected chi connectivity index (χ4v) is 9.62. The van der Waals surface area contributed by atoms with Crippen LogP contribution in [0, 0.1) is 0 Å². The van der Waals surface area contributed by atoms with Gasteiger partial charge in [-0.25, -0.2) is 0 Å². The maximum Gasteiger partial charge on any atom is 0.187 e. The predicted octanol–water partition coefficient (Wildman–Crippen LogP) is 12.2. The highest BCUT2D eigenvalue weighted by Gasteiger charge is 2.31. The molecule has 2 nitrogen and oxygen atoms in total. The van der Waals surface area contributed by atoms with Crippen molar-refractivity contribution in [1.29, 1.82) is 0 Å². The van der Waals surface area contributed by atoms with Gasteiger partial charge in [-0.1, -0.05) is 161 Å². The van der Waals surface area contributed by atoms with Gasteiger partial charge in [0.1, 0.15) is 0 Å². The maximum absolute atomic E-state index is 11.9. The summed E-state index contributed by atoms with van der Waals surface area (Å²) < 4.78 is 0. The molecule has 0 N–H and O–H groups in total. The first-order valence-electron chi connectivity index (χ1n) is 19.0. The molecule has 54 heavy (non-hydrogen) atoms. The normalized spacial score (nSPS) is 16.1. The van der Waals surface area contributed by atoms with Crippen LogP contribution in [-0.4, -0.2) is 0 Å². The SMILES string of the molecule is C1=Cc2ccc3c4c(ccc3c2C1)C=CC4.CC1(C)C=Cc2ccc3c4c(ccc3c21)C=CC4(C)C.O=c1ccc2ccc3c(ccc4ccc(=O)c43)c12. The number of rotatable bonds is 0. The van der Waals surface area contributed by atoms with Gasteiger partial charge < -0.3 is 0 Å². The molecule has 0 radical (unpaired) electrons. The van der Waals surface area contributed by atoms with Gasteiger partial charge in [-0.15, -0.1) is 0 Å².